The van der Waals surface area contributed by atoms with Crippen LogP contribution in [0, 0.1) is 5.82 Å². The number of hydrogen-bond donors (Lipinski definition) is 1. The molecular weight excluding hydrogens is 219 g/mol. The summed E-state index contributed by atoms with van der Waals surface area (Å²) in [5.41, 5.74) is 7.05. The maximum absolute atomic E-state index is 13.2. The summed E-state index contributed by atoms with van der Waals surface area (Å²) in [4.78, 5) is 2.28. The first-order valence-corrected chi connectivity index (χ1v) is 6.02. The number of hydrogen-bond acceptors (Lipinski definition) is 3. The topological polar surface area (TPSA) is 38.5 Å². The van der Waals surface area contributed by atoms with Gasteiger partial charge in [-0.15, -0.1) is 0 Å². The highest BCUT2D eigenvalue weighted by atomic mass is 19.1. The van der Waals surface area contributed by atoms with E-state index < -0.39 is 0 Å². The van der Waals surface area contributed by atoms with Crippen LogP contribution in [0.5, 0.6) is 0 Å². The molecule has 1 aromatic carbocycles. The minimum Gasteiger partial charge on any atom is -0.399 e. The number of halogens is 1. The summed E-state index contributed by atoms with van der Waals surface area (Å²) >= 11 is 0. The highest BCUT2D eigenvalue weighted by Gasteiger charge is 2.15. The molecule has 3 nitrogen and oxygen atoms in total. The summed E-state index contributed by atoms with van der Waals surface area (Å²) in [6, 6.07) is 4.73. The lowest BCUT2D eigenvalue weighted by Crippen LogP contribution is -2.29. The second-order valence-electron chi connectivity index (χ2n) is 4.66. The molecule has 1 fully saturated rings. The predicted octanol–water partition coefficient (Wildman–Crippen LogP) is 2.02. The summed E-state index contributed by atoms with van der Waals surface area (Å²) in [6.07, 6.45) is 1.26. The second-order valence-corrected chi connectivity index (χ2v) is 4.66. The Bertz CT molecular complexity index is 363. The number of rotatable bonds is 2. The van der Waals surface area contributed by atoms with Gasteiger partial charge in [-0.2, -0.15) is 0 Å². The van der Waals surface area contributed by atoms with E-state index in [2.05, 4.69) is 11.8 Å². The average Bonchev–Trinajstić information content (AvgIpc) is 2.41. The first-order chi connectivity index (χ1) is 8.13. The minimum absolute atomic E-state index is 0.239. The summed E-state index contributed by atoms with van der Waals surface area (Å²) in [5.74, 6) is -0.265. The third kappa shape index (κ3) is 3.68. The second kappa shape index (κ2) is 5.47. The van der Waals surface area contributed by atoms with E-state index in [-0.39, 0.29) is 11.9 Å². The fourth-order valence-electron chi connectivity index (χ4n) is 2.25. The van der Waals surface area contributed by atoms with Gasteiger partial charge >= 0.3 is 0 Å². The smallest absolute Gasteiger partial charge is 0.125 e. The molecule has 1 aliphatic rings. The lowest BCUT2D eigenvalue weighted by atomic mass is 10.1. The quantitative estimate of drug-likeness (QED) is 0.801. The van der Waals surface area contributed by atoms with Crippen molar-refractivity contribution in [2.75, 3.05) is 25.4 Å². The summed E-state index contributed by atoms with van der Waals surface area (Å²) < 4.78 is 18.8. The van der Waals surface area contributed by atoms with Gasteiger partial charge in [-0.05, 0) is 37.1 Å². The van der Waals surface area contributed by atoms with Crippen LogP contribution in [0.15, 0.2) is 18.2 Å². The van der Waals surface area contributed by atoms with Gasteiger partial charge in [0.25, 0.3) is 0 Å². The van der Waals surface area contributed by atoms with Crippen molar-refractivity contribution in [3.8, 4) is 0 Å². The van der Waals surface area contributed by atoms with Crippen LogP contribution >= 0.6 is 0 Å². The van der Waals surface area contributed by atoms with E-state index in [0.717, 1.165) is 38.2 Å². The van der Waals surface area contributed by atoms with Crippen molar-refractivity contribution in [3.05, 3.63) is 29.6 Å². The third-order valence-electron chi connectivity index (χ3n) is 2.92. The van der Waals surface area contributed by atoms with E-state index in [1.54, 1.807) is 6.07 Å². The Hall–Kier alpha value is -1.13. The molecule has 1 saturated heterocycles. The standard InChI is InChI=1S/C13H19FN2O/c1-10-8-16(3-2-4-17-10)9-11-5-12(14)7-13(15)6-11/h5-7,10H,2-4,8-9,15H2,1H3. The molecule has 4 heteroatoms. The van der Waals surface area contributed by atoms with Crippen molar-refractivity contribution < 1.29 is 9.13 Å². The SMILES string of the molecule is CC1CN(Cc2cc(N)cc(F)c2)CCCO1. The number of nitrogen functional groups attached to an aromatic ring is 1. The fraction of sp³-hybridized carbons (Fsp3) is 0.538. The van der Waals surface area contributed by atoms with Crippen molar-refractivity contribution in [1.82, 2.24) is 4.90 Å². The third-order valence-corrected chi connectivity index (χ3v) is 2.92. The van der Waals surface area contributed by atoms with Gasteiger partial charge in [0.2, 0.25) is 0 Å². The van der Waals surface area contributed by atoms with Gasteiger partial charge in [0.15, 0.2) is 0 Å². The molecule has 1 unspecified atom stereocenters. The van der Waals surface area contributed by atoms with Gasteiger partial charge in [-0.3, -0.25) is 4.90 Å². The molecule has 94 valence electrons. The van der Waals surface area contributed by atoms with Crippen LogP contribution < -0.4 is 5.73 Å². The molecular formula is C13H19FN2O. The van der Waals surface area contributed by atoms with Gasteiger partial charge < -0.3 is 10.5 Å². The van der Waals surface area contributed by atoms with E-state index in [4.69, 9.17) is 10.5 Å². The van der Waals surface area contributed by atoms with Gasteiger partial charge in [-0.25, -0.2) is 4.39 Å². The maximum atomic E-state index is 13.2. The van der Waals surface area contributed by atoms with Gasteiger partial charge in [0, 0.05) is 31.9 Å². The minimum atomic E-state index is -0.265. The van der Waals surface area contributed by atoms with Crippen molar-refractivity contribution in [1.29, 1.82) is 0 Å². The number of benzene rings is 1. The van der Waals surface area contributed by atoms with Gasteiger partial charge in [0.1, 0.15) is 5.82 Å². The van der Waals surface area contributed by atoms with E-state index >= 15 is 0 Å². The highest BCUT2D eigenvalue weighted by molar-refractivity contribution is 5.41. The lowest BCUT2D eigenvalue weighted by molar-refractivity contribution is 0.0668. The predicted molar refractivity (Wildman–Crippen MR) is 66.1 cm³/mol. The van der Waals surface area contributed by atoms with Crippen LogP contribution in [0.4, 0.5) is 10.1 Å². The number of nitrogens with zero attached hydrogens (tertiary/aromatic N) is 1. The zero-order chi connectivity index (χ0) is 12.3. The van der Waals surface area contributed by atoms with Crippen LogP contribution in [0.2, 0.25) is 0 Å². The maximum Gasteiger partial charge on any atom is 0.125 e. The molecule has 0 aromatic heterocycles. The molecule has 1 atom stereocenters. The summed E-state index contributed by atoms with van der Waals surface area (Å²) in [6.45, 7) is 5.48. The Labute approximate surface area is 101 Å². The lowest BCUT2D eigenvalue weighted by Gasteiger charge is -2.21. The van der Waals surface area contributed by atoms with Gasteiger partial charge in [0.05, 0.1) is 6.10 Å². The molecule has 1 aliphatic heterocycles. The van der Waals surface area contributed by atoms with Crippen LogP contribution in [0.25, 0.3) is 0 Å². The highest BCUT2D eigenvalue weighted by Crippen LogP contribution is 2.15. The van der Waals surface area contributed by atoms with Crippen LogP contribution in [-0.2, 0) is 11.3 Å². The first-order valence-electron chi connectivity index (χ1n) is 6.02. The van der Waals surface area contributed by atoms with Crippen LogP contribution in [-0.4, -0.2) is 30.7 Å². The molecule has 1 heterocycles. The van der Waals surface area contributed by atoms with Gasteiger partial charge in [-0.1, -0.05) is 0 Å². The van der Waals surface area contributed by atoms with Crippen molar-refractivity contribution in [2.45, 2.75) is 26.0 Å². The molecule has 1 aromatic rings. The largest absolute Gasteiger partial charge is 0.399 e. The Morgan fingerprint density at radius 3 is 3.06 bits per heavy atom. The number of anilines is 1. The van der Waals surface area contributed by atoms with E-state index in [9.17, 15) is 4.39 Å². The molecule has 0 bridgehead atoms. The summed E-state index contributed by atoms with van der Waals surface area (Å²) in [5, 5.41) is 0. The normalized spacial score (nSPS) is 22.4. The molecule has 0 radical (unpaired) electrons. The van der Waals surface area contributed by atoms with E-state index in [1.165, 1.54) is 6.07 Å². The number of nitrogens with two attached hydrogens (primary N) is 1. The molecule has 0 spiro atoms. The van der Waals surface area contributed by atoms with Crippen molar-refractivity contribution >= 4 is 5.69 Å². The number of ether oxygens (including phenoxy) is 1. The first kappa shape index (κ1) is 12.3. The van der Waals surface area contributed by atoms with E-state index in [1.807, 2.05) is 6.07 Å². The Morgan fingerprint density at radius 1 is 1.47 bits per heavy atom. The molecule has 17 heavy (non-hydrogen) atoms. The molecule has 2 N–H and O–H groups in total. The Balaban J connectivity index is 2.03. The zero-order valence-electron chi connectivity index (χ0n) is 10.2. The Morgan fingerprint density at radius 2 is 2.29 bits per heavy atom. The van der Waals surface area contributed by atoms with Crippen LogP contribution in [0.1, 0.15) is 18.9 Å². The van der Waals surface area contributed by atoms with Crippen molar-refractivity contribution in [3.63, 3.8) is 0 Å². The van der Waals surface area contributed by atoms with Crippen molar-refractivity contribution in [2.24, 2.45) is 0 Å². The summed E-state index contributed by atoms with van der Waals surface area (Å²) in [7, 11) is 0. The fourth-order valence-corrected chi connectivity index (χ4v) is 2.25. The zero-order valence-corrected chi connectivity index (χ0v) is 10.2. The Kier molecular flexibility index (Phi) is 3.97. The molecule has 0 saturated carbocycles. The molecule has 0 amide bonds. The monoisotopic (exact) mass is 238 g/mol. The molecule has 0 aliphatic carbocycles. The average molecular weight is 238 g/mol. The van der Waals surface area contributed by atoms with Crippen LogP contribution in [0.3, 0.4) is 0 Å². The van der Waals surface area contributed by atoms with E-state index in [0.29, 0.717) is 5.69 Å². The molecule has 2 rings (SSSR count).